The predicted octanol–water partition coefficient (Wildman–Crippen LogP) is 6.79. The van der Waals surface area contributed by atoms with Crippen LogP contribution in [0.1, 0.15) is 5.56 Å². The number of halogens is 7. The molecular weight excluding hydrogens is 507 g/mol. The van der Waals surface area contributed by atoms with Crippen molar-refractivity contribution in [3.8, 4) is 0 Å². The lowest BCUT2D eigenvalue weighted by atomic mass is 10.1. The maximum Gasteiger partial charge on any atom is 0.418 e. The second kappa shape index (κ2) is 8.26. The summed E-state index contributed by atoms with van der Waals surface area (Å²) in [6.45, 7) is 0. The van der Waals surface area contributed by atoms with E-state index in [1.165, 1.54) is 0 Å². The zero-order valence-corrected chi connectivity index (χ0v) is 16.6. The van der Waals surface area contributed by atoms with Crippen molar-refractivity contribution in [2.24, 2.45) is 0 Å². The molecule has 160 valence electrons. The van der Waals surface area contributed by atoms with Gasteiger partial charge in [-0.15, -0.1) is 0 Å². The molecular formula is C13H3Cl4F3N4O6. The molecule has 0 aliphatic rings. The van der Waals surface area contributed by atoms with E-state index in [2.05, 4.69) is 0 Å². The van der Waals surface area contributed by atoms with Crippen molar-refractivity contribution in [2.45, 2.75) is 6.18 Å². The smallest absolute Gasteiger partial charge is 0.347 e. The fourth-order valence-corrected chi connectivity index (χ4v) is 3.31. The summed E-state index contributed by atoms with van der Waals surface area (Å²) in [4.78, 5) is 29.6. The van der Waals surface area contributed by atoms with Crippen LogP contribution in [0.2, 0.25) is 20.1 Å². The minimum atomic E-state index is -5.30. The molecule has 0 heterocycles. The van der Waals surface area contributed by atoms with Crippen molar-refractivity contribution in [3.63, 3.8) is 0 Å². The first kappa shape index (κ1) is 23.7. The molecule has 0 unspecified atom stereocenters. The van der Waals surface area contributed by atoms with Gasteiger partial charge in [0.15, 0.2) is 0 Å². The number of anilines is 2. The van der Waals surface area contributed by atoms with Gasteiger partial charge in [-0.3, -0.25) is 30.3 Å². The summed E-state index contributed by atoms with van der Waals surface area (Å²) >= 11 is 23.2. The van der Waals surface area contributed by atoms with Gasteiger partial charge in [-0.05, 0) is 0 Å². The Kier molecular flexibility index (Phi) is 6.51. The predicted molar refractivity (Wildman–Crippen MR) is 101 cm³/mol. The Morgan fingerprint density at radius 1 is 0.767 bits per heavy atom. The van der Waals surface area contributed by atoms with E-state index >= 15 is 0 Å². The molecule has 0 aliphatic carbocycles. The highest BCUT2D eigenvalue weighted by atomic mass is 35.5. The molecule has 0 atom stereocenters. The Morgan fingerprint density at radius 3 is 1.63 bits per heavy atom. The molecule has 0 fully saturated rings. The number of nitro benzene ring substituents is 3. The fourth-order valence-electron chi connectivity index (χ4n) is 2.23. The largest absolute Gasteiger partial charge is 0.418 e. The fraction of sp³-hybridized carbons (Fsp3) is 0.0769. The monoisotopic (exact) mass is 508 g/mol. The normalized spacial score (nSPS) is 11.3. The highest BCUT2D eigenvalue weighted by Crippen LogP contribution is 2.51. The number of nitro groups is 3. The summed E-state index contributed by atoms with van der Waals surface area (Å²) in [5.41, 5.74) is -7.32. The number of rotatable bonds is 5. The number of hydrogen-bond acceptors (Lipinski definition) is 7. The van der Waals surface area contributed by atoms with Gasteiger partial charge in [0.05, 0.1) is 42.1 Å². The molecule has 1 N–H and O–H groups in total. The van der Waals surface area contributed by atoms with Gasteiger partial charge in [-0.1, -0.05) is 46.4 Å². The SMILES string of the molecule is O=[N+]([O-])c1cc([N+](=O)[O-])c(Nc2c(Cl)c(Cl)c([N+](=O)[O-])c(Cl)c2Cl)c(C(F)(F)F)c1. The van der Waals surface area contributed by atoms with E-state index in [0.29, 0.717) is 0 Å². The van der Waals surface area contributed by atoms with Crippen LogP contribution in [0.5, 0.6) is 0 Å². The molecule has 0 saturated carbocycles. The lowest BCUT2D eigenvalue weighted by Crippen LogP contribution is -2.12. The van der Waals surface area contributed by atoms with Gasteiger partial charge >= 0.3 is 11.9 Å². The van der Waals surface area contributed by atoms with E-state index in [1.807, 2.05) is 5.32 Å². The molecule has 0 bridgehead atoms. The highest BCUT2D eigenvalue weighted by molar-refractivity contribution is 6.52. The number of non-ortho nitro benzene ring substituents is 1. The minimum Gasteiger partial charge on any atom is -0.347 e. The Hall–Kier alpha value is -2.61. The molecule has 0 aromatic heterocycles. The number of hydrogen-bond donors (Lipinski definition) is 1. The molecule has 0 saturated heterocycles. The van der Waals surface area contributed by atoms with Crippen LogP contribution in [0, 0.1) is 30.3 Å². The van der Waals surface area contributed by atoms with Crippen molar-refractivity contribution < 1.29 is 27.9 Å². The van der Waals surface area contributed by atoms with Crippen molar-refractivity contribution in [1.82, 2.24) is 0 Å². The number of nitrogens with zero attached hydrogens (tertiary/aromatic N) is 3. The van der Waals surface area contributed by atoms with Crippen LogP contribution in [0.15, 0.2) is 12.1 Å². The van der Waals surface area contributed by atoms with Gasteiger partial charge < -0.3 is 5.32 Å². The van der Waals surface area contributed by atoms with Crippen LogP contribution in [0.25, 0.3) is 0 Å². The number of alkyl halides is 3. The number of benzene rings is 2. The Morgan fingerprint density at radius 2 is 1.27 bits per heavy atom. The molecule has 10 nitrogen and oxygen atoms in total. The lowest BCUT2D eigenvalue weighted by molar-refractivity contribution is -0.394. The molecule has 0 spiro atoms. The van der Waals surface area contributed by atoms with Gasteiger partial charge in [0.1, 0.15) is 15.7 Å². The summed E-state index contributed by atoms with van der Waals surface area (Å²) in [6.07, 6.45) is -5.30. The summed E-state index contributed by atoms with van der Waals surface area (Å²) < 4.78 is 40.4. The first-order valence-corrected chi connectivity index (χ1v) is 8.51. The van der Waals surface area contributed by atoms with E-state index < -0.39 is 75.0 Å². The van der Waals surface area contributed by atoms with Gasteiger partial charge in [0, 0.05) is 6.07 Å². The van der Waals surface area contributed by atoms with E-state index in [1.54, 1.807) is 0 Å². The van der Waals surface area contributed by atoms with Gasteiger partial charge in [-0.2, -0.15) is 13.2 Å². The van der Waals surface area contributed by atoms with E-state index in [4.69, 9.17) is 46.4 Å². The maximum absolute atomic E-state index is 13.5. The Labute approximate surface area is 182 Å². The molecule has 0 radical (unpaired) electrons. The third-order valence-corrected chi connectivity index (χ3v) is 5.17. The molecule has 17 heteroatoms. The van der Waals surface area contributed by atoms with Gasteiger partial charge in [0.2, 0.25) is 0 Å². The van der Waals surface area contributed by atoms with E-state index in [9.17, 15) is 43.5 Å². The second-order valence-corrected chi connectivity index (χ2v) is 6.77. The standard InChI is InChI=1S/C13H3Cl4F3N4O6/c14-6-8(16)12(24(29)30)9(17)7(15)11(6)21-10-4(13(18,19)20)1-3(22(25)26)2-5(10)23(27)28/h1-2,21H. The highest BCUT2D eigenvalue weighted by Gasteiger charge is 2.40. The first-order valence-electron chi connectivity index (χ1n) is 6.99. The average Bonchev–Trinajstić information content (AvgIpc) is 2.61. The van der Waals surface area contributed by atoms with Gasteiger partial charge in [0.25, 0.3) is 11.4 Å². The maximum atomic E-state index is 13.5. The third-order valence-electron chi connectivity index (χ3n) is 3.49. The van der Waals surface area contributed by atoms with Crippen molar-refractivity contribution in [2.75, 3.05) is 5.32 Å². The summed E-state index contributed by atoms with van der Waals surface area (Å²) in [5.74, 6) is 0. The zero-order chi connectivity index (χ0) is 23.1. The summed E-state index contributed by atoms with van der Waals surface area (Å²) in [5, 5.41) is 32.0. The summed E-state index contributed by atoms with van der Waals surface area (Å²) in [6, 6.07) is 0.319. The van der Waals surface area contributed by atoms with Crippen LogP contribution in [-0.4, -0.2) is 14.8 Å². The molecule has 2 aromatic rings. The quantitative estimate of drug-likeness (QED) is 0.265. The van der Waals surface area contributed by atoms with Crippen molar-refractivity contribution in [1.29, 1.82) is 0 Å². The van der Waals surface area contributed by atoms with Crippen LogP contribution in [0.3, 0.4) is 0 Å². The Bertz CT molecular complexity index is 1080. The number of nitrogens with one attached hydrogen (secondary N) is 1. The van der Waals surface area contributed by atoms with Crippen molar-refractivity contribution in [3.05, 3.63) is 68.1 Å². The third kappa shape index (κ3) is 4.28. The lowest BCUT2D eigenvalue weighted by Gasteiger charge is -2.17. The molecule has 0 amide bonds. The molecule has 0 aliphatic heterocycles. The van der Waals surface area contributed by atoms with Crippen LogP contribution >= 0.6 is 46.4 Å². The van der Waals surface area contributed by atoms with E-state index in [0.717, 1.165) is 0 Å². The zero-order valence-electron chi connectivity index (χ0n) is 13.6. The Balaban J connectivity index is 2.89. The molecule has 2 aromatic carbocycles. The first-order chi connectivity index (χ1) is 13.7. The topological polar surface area (TPSA) is 141 Å². The average molecular weight is 510 g/mol. The minimum absolute atomic E-state index is 0.0474. The van der Waals surface area contributed by atoms with Crippen LogP contribution in [0.4, 0.5) is 41.6 Å². The van der Waals surface area contributed by atoms with Crippen molar-refractivity contribution >= 4 is 74.8 Å². The van der Waals surface area contributed by atoms with Gasteiger partial charge in [-0.25, -0.2) is 0 Å². The summed E-state index contributed by atoms with van der Waals surface area (Å²) in [7, 11) is 0. The van der Waals surface area contributed by atoms with E-state index in [-0.39, 0.29) is 12.1 Å². The van der Waals surface area contributed by atoms with Crippen LogP contribution < -0.4 is 5.32 Å². The molecule has 30 heavy (non-hydrogen) atoms. The second-order valence-electron chi connectivity index (χ2n) is 5.26. The van der Waals surface area contributed by atoms with Crippen LogP contribution in [-0.2, 0) is 6.18 Å². The molecule has 2 rings (SSSR count).